The van der Waals surface area contributed by atoms with Crippen LogP contribution in [-0.4, -0.2) is 5.11 Å². The van der Waals surface area contributed by atoms with Crippen molar-refractivity contribution in [2.45, 2.75) is 19.4 Å². The Bertz CT molecular complexity index is 315. The van der Waals surface area contributed by atoms with Gasteiger partial charge in [0, 0.05) is 16.1 Å². The molecule has 0 amide bonds. The fourth-order valence-electron chi connectivity index (χ4n) is 1.11. The molecule has 72 valence electrons. The molecular weight excluding hydrogens is 298 g/mol. The maximum absolute atomic E-state index is 9.72. The monoisotopic (exact) mass is 307 g/mol. The van der Waals surface area contributed by atoms with E-state index in [0.29, 0.717) is 4.47 Å². The molecule has 1 aromatic carbocycles. The van der Waals surface area contributed by atoms with Crippen LogP contribution < -0.4 is 5.73 Å². The van der Waals surface area contributed by atoms with Gasteiger partial charge in [-0.15, -0.1) is 0 Å². The first-order valence-electron chi connectivity index (χ1n) is 4.00. The van der Waals surface area contributed by atoms with Crippen molar-refractivity contribution < 1.29 is 5.11 Å². The van der Waals surface area contributed by atoms with Crippen LogP contribution in [0.5, 0.6) is 5.75 Å². The van der Waals surface area contributed by atoms with Gasteiger partial charge in [0.1, 0.15) is 5.75 Å². The minimum atomic E-state index is -0.133. The van der Waals surface area contributed by atoms with E-state index in [-0.39, 0.29) is 11.8 Å². The highest BCUT2D eigenvalue weighted by molar-refractivity contribution is 9.11. The normalized spacial score (nSPS) is 12.9. The second-order valence-electron chi connectivity index (χ2n) is 2.81. The van der Waals surface area contributed by atoms with Crippen molar-refractivity contribution in [3.63, 3.8) is 0 Å². The third-order valence-electron chi connectivity index (χ3n) is 1.93. The van der Waals surface area contributed by atoms with Crippen LogP contribution in [0.1, 0.15) is 24.9 Å². The van der Waals surface area contributed by atoms with E-state index in [1.165, 1.54) is 0 Å². The van der Waals surface area contributed by atoms with Gasteiger partial charge in [-0.05, 0) is 34.5 Å². The SMILES string of the molecule is CC[C@@H](N)c1c(Br)ccc(Br)c1O. The number of rotatable bonds is 2. The van der Waals surface area contributed by atoms with Crippen LogP contribution in [0.15, 0.2) is 21.1 Å². The van der Waals surface area contributed by atoms with E-state index < -0.39 is 0 Å². The van der Waals surface area contributed by atoms with Crippen molar-refractivity contribution in [3.05, 3.63) is 26.6 Å². The Morgan fingerprint density at radius 1 is 1.38 bits per heavy atom. The summed E-state index contributed by atoms with van der Waals surface area (Å²) in [6.45, 7) is 1.98. The molecule has 0 spiro atoms. The van der Waals surface area contributed by atoms with Crippen LogP contribution in [0.4, 0.5) is 0 Å². The molecule has 13 heavy (non-hydrogen) atoms. The van der Waals surface area contributed by atoms with Crippen molar-refractivity contribution in [2.75, 3.05) is 0 Å². The molecule has 0 aliphatic carbocycles. The zero-order valence-electron chi connectivity index (χ0n) is 7.22. The maximum Gasteiger partial charge on any atom is 0.135 e. The predicted octanol–water partition coefficient (Wildman–Crippen LogP) is 3.33. The zero-order valence-corrected chi connectivity index (χ0v) is 10.4. The first-order chi connectivity index (χ1) is 6.07. The van der Waals surface area contributed by atoms with Gasteiger partial charge in [-0.2, -0.15) is 0 Å². The molecule has 0 saturated heterocycles. The summed E-state index contributed by atoms with van der Waals surface area (Å²) in [4.78, 5) is 0. The molecule has 3 N–H and O–H groups in total. The Hall–Kier alpha value is -0.0600. The van der Waals surface area contributed by atoms with Crippen molar-refractivity contribution in [1.82, 2.24) is 0 Å². The highest BCUT2D eigenvalue weighted by Crippen LogP contribution is 2.37. The molecule has 0 aliphatic rings. The van der Waals surface area contributed by atoms with Gasteiger partial charge in [0.25, 0.3) is 0 Å². The van der Waals surface area contributed by atoms with Gasteiger partial charge >= 0.3 is 0 Å². The van der Waals surface area contributed by atoms with E-state index >= 15 is 0 Å². The first-order valence-corrected chi connectivity index (χ1v) is 5.59. The highest BCUT2D eigenvalue weighted by Gasteiger charge is 2.14. The summed E-state index contributed by atoms with van der Waals surface area (Å²) in [6.07, 6.45) is 0.794. The minimum Gasteiger partial charge on any atom is -0.506 e. The van der Waals surface area contributed by atoms with Crippen molar-refractivity contribution >= 4 is 31.9 Å². The fraction of sp³-hybridized carbons (Fsp3) is 0.333. The fourth-order valence-corrected chi connectivity index (χ4v) is 2.07. The van der Waals surface area contributed by atoms with Crippen molar-refractivity contribution in [2.24, 2.45) is 5.73 Å². The Balaban J connectivity index is 3.25. The average molecular weight is 309 g/mol. The Labute approximate surface area is 94.4 Å². The quantitative estimate of drug-likeness (QED) is 0.880. The molecule has 1 aromatic rings. The summed E-state index contributed by atoms with van der Waals surface area (Å²) in [5.41, 5.74) is 6.61. The lowest BCUT2D eigenvalue weighted by Crippen LogP contribution is -2.09. The van der Waals surface area contributed by atoms with Crippen molar-refractivity contribution in [1.29, 1.82) is 0 Å². The van der Waals surface area contributed by atoms with E-state index in [9.17, 15) is 5.11 Å². The number of phenolic OH excluding ortho intramolecular Hbond substituents is 1. The van der Waals surface area contributed by atoms with E-state index in [4.69, 9.17) is 5.73 Å². The predicted molar refractivity (Wildman–Crippen MR) is 60.7 cm³/mol. The van der Waals surface area contributed by atoms with Gasteiger partial charge in [-0.1, -0.05) is 22.9 Å². The molecule has 0 heterocycles. The Morgan fingerprint density at radius 2 is 1.92 bits per heavy atom. The summed E-state index contributed by atoms with van der Waals surface area (Å²) in [5.74, 6) is 0.226. The molecule has 1 rings (SSSR count). The van der Waals surface area contributed by atoms with Gasteiger partial charge in [0.15, 0.2) is 0 Å². The number of halogens is 2. The molecule has 0 bridgehead atoms. The second kappa shape index (κ2) is 4.44. The van der Waals surface area contributed by atoms with Crippen LogP contribution in [0.2, 0.25) is 0 Å². The molecular formula is C9H11Br2NO. The molecule has 0 aliphatic heterocycles. The third kappa shape index (κ3) is 2.24. The summed E-state index contributed by atoms with van der Waals surface area (Å²) < 4.78 is 1.53. The summed E-state index contributed by atoms with van der Waals surface area (Å²) in [7, 11) is 0. The number of hydrogen-bond acceptors (Lipinski definition) is 2. The van der Waals surface area contributed by atoms with E-state index in [2.05, 4.69) is 31.9 Å². The van der Waals surface area contributed by atoms with Crippen molar-refractivity contribution in [3.8, 4) is 5.75 Å². The van der Waals surface area contributed by atoms with E-state index in [1.807, 2.05) is 13.0 Å². The molecule has 0 radical (unpaired) electrons. The van der Waals surface area contributed by atoms with E-state index in [0.717, 1.165) is 16.5 Å². The van der Waals surface area contributed by atoms with Crippen LogP contribution >= 0.6 is 31.9 Å². The third-order valence-corrected chi connectivity index (χ3v) is 3.26. The number of benzene rings is 1. The van der Waals surface area contributed by atoms with Gasteiger partial charge in [-0.3, -0.25) is 0 Å². The topological polar surface area (TPSA) is 46.2 Å². The maximum atomic E-state index is 9.72. The second-order valence-corrected chi connectivity index (χ2v) is 4.51. The number of hydrogen-bond donors (Lipinski definition) is 2. The Morgan fingerprint density at radius 3 is 2.46 bits per heavy atom. The number of phenols is 1. The number of aromatic hydroxyl groups is 1. The lowest BCUT2D eigenvalue weighted by atomic mass is 10.0. The molecule has 0 unspecified atom stereocenters. The van der Waals surface area contributed by atoms with Crippen LogP contribution in [0, 0.1) is 0 Å². The summed E-state index contributed by atoms with van der Waals surface area (Å²) in [5, 5.41) is 9.72. The Kier molecular flexibility index (Phi) is 3.76. The highest BCUT2D eigenvalue weighted by atomic mass is 79.9. The standard InChI is InChI=1S/C9H11Br2NO/c1-2-7(12)8-5(10)3-4-6(11)9(8)13/h3-4,7,13H,2,12H2,1H3/t7-/m1/s1. The van der Waals surface area contributed by atoms with Gasteiger partial charge < -0.3 is 10.8 Å². The lowest BCUT2D eigenvalue weighted by Gasteiger charge is -2.14. The zero-order chi connectivity index (χ0) is 10.0. The average Bonchev–Trinajstić information content (AvgIpc) is 2.12. The largest absolute Gasteiger partial charge is 0.506 e. The molecule has 0 fully saturated rings. The first kappa shape index (κ1) is 11.0. The number of nitrogens with two attached hydrogens (primary N) is 1. The smallest absolute Gasteiger partial charge is 0.135 e. The van der Waals surface area contributed by atoms with Crippen LogP contribution in [0.3, 0.4) is 0 Å². The molecule has 0 saturated carbocycles. The summed E-state index contributed by atoms with van der Waals surface area (Å²) >= 11 is 6.61. The van der Waals surface area contributed by atoms with Gasteiger partial charge in [0.2, 0.25) is 0 Å². The minimum absolute atomic E-state index is 0.133. The molecule has 2 nitrogen and oxygen atoms in total. The molecule has 1 atom stereocenters. The molecule has 0 aromatic heterocycles. The molecule has 4 heteroatoms. The van der Waals surface area contributed by atoms with Crippen LogP contribution in [0.25, 0.3) is 0 Å². The lowest BCUT2D eigenvalue weighted by molar-refractivity contribution is 0.456. The summed E-state index contributed by atoms with van der Waals surface area (Å²) in [6, 6.07) is 3.52. The van der Waals surface area contributed by atoms with Gasteiger partial charge in [-0.25, -0.2) is 0 Å². The van der Waals surface area contributed by atoms with Crippen LogP contribution in [-0.2, 0) is 0 Å². The van der Waals surface area contributed by atoms with Gasteiger partial charge in [0.05, 0.1) is 4.47 Å². The van der Waals surface area contributed by atoms with E-state index in [1.54, 1.807) is 6.07 Å².